The zero-order chi connectivity index (χ0) is 22.1. The summed E-state index contributed by atoms with van der Waals surface area (Å²) in [6.07, 6.45) is 2.94. The molecular weight excluding hydrogens is 388 g/mol. The third kappa shape index (κ3) is 6.08. The number of carboxylic acid groups (broad SMARTS) is 1. The van der Waals surface area contributed by atoms with E-state index in [9.17, 15) is 19.5 Å². The highest BCUT2D eigenvalue weighted by Gasteiger charge is 2.36. The Morgan fingerprint density at radius 1 is 1.07 bits per heavy atom. The summed E-state index contributed by atoms with van der Waals surface area (Å²) in [7, 11) is 0. The molecule has 1 aromatic carbocycles. The van der Waals surface area contributed by atoms with Crippen molar-refractivity contribution in [1.29, 1.82) is 0 Å². The van der Waals surface area contributed by atoms with Crippen LogP contribution in [0.3, 0.4) is 0 Å². The van der Waals surface area contributed by atoms with Gasteiger partial charge in [0.25, 0.3) is 0 Å². The highest BCUT2D eigenvalue weighted by Crippen LogP contribution is 2.17. The molecule has 2 N–H and O–H groups in total. The van der Waals surface area contributed by atoms with Gasteiger partial charge in [-0.05, 0) is 32.4 Å². The number of esters is 1. The van der Waals surface area contributed by atoms with Crippen molar-refractivity contribution in [1.82, 2.24) is 15.3 Å². The predicted octanol–water partition coefficient (Wildman–Crippen LogP) is 1.44. The molecule has 0 aliphatic carbocycles. The molecule has 0 bridgehead atoms. The van der Waals surface area contributed by atoms with Crippen LogP contribution in [0.1, 0.15) is 26.3 Å². The standard InChI is InChI=1S/C21H26N4O5/c1-4-30-20(29)15(3)24-14(2)18(26)25(21-22-11-8-12-23-21)17(19(27)28)13-16-9-6-5-7-10-16/h5-12,14-15,17,24H,4,13H2,1-3H3,(H,27,28)/t14-,15-,17?/m0/s1. The Bertz CT molecular complexity index is 847. The molecule has 30 heavy (non-hydrogen) atoms. The van der Waals surface area contributed by atoms with Crippen molar-refractivity contribution in [3.8, 4) is 0 Å². The van der Waals surface area contributed by atoms with Crippen LogP contribution in [0.5, 0.6) is 0 Å². The summed E-state index contributed by atoms with van der Waals surface area (Å²) in [5.74, 6) is -2.28. The van der Waals surface area contributed by atoms with Crippen LogP contribution in [0.25, 0.3) is 0 Å². The normalized spacial score (nSPS) is 13.7. The average Bonchev–Trinajstić information content (AvgIpc) is 2.74. The van der Waals surface area contributed by atoms with Crippen LogP contribution in [0.15, 0.2) is 48.8 Å². The fourth-order valence-electron chi connectivity index (χ4n) is 2.92. The smallest absolute Gasteiger partial charge is 0.327 e. The number of carbonyl (C=O) groups is 3. The molecule has 0 aliphatic rings. The maximum absolute atomic E-state index is 13.3. The first kappa shape index (κ1) is 23.0. The van der Waals surface area contributed by atoms with E-state index in [-0.39, 0.29) is 19.0 Å². The number of hydrogen-bond acceptors (Lipinski definition) is 7. The van der Waals surface area contributed by atoms with E-state index in [1.807, 2.05) is 6.07 Å². The van der Waals surface area contributed by atoms with Gasteiger partial charge in [0.1, 0.15) is 12.1 Å². The second-order valence-electron chi connectivity index (χ2n) is 6.66. The second-order valence-corrected chi connectivity index (χ2v) is 6.66. The van der Waals surface area contributed by atoms with Crippen molar-refractivity contribution in [2.24, 2.45) is 0 Å². The summed E-state index contributed by atoms with van der Waals surface area (Å²) < 4.78 is 4.95. The van der Waals surface area contributed by atoms with Gasteiger partial charge in [0.05, 0.1) is 12.6 Å². The van der Waals surface area contributed by atoms with Gasteiger partial charge in [-0.2, -0.15) is 0 Å². The zero-order valence-corrected chi connectivity index (χ0v) is 17.2. The minimum absolute atomic E-state index is 0.0248. The average molecular weight is 414 g/mol. The Labute approximate surface area is 175 Å². The zero-order valence-electron chi connectivity index (χ0n) is 17.2. The first-order valence-electron chi connectivity index (χ1n) is 9.64. The number of hydrogen-bond donors (Lipinski definition) is 2. The SMILES string of the molecule is CCOC(=O)[C@H](C)N[C@@H](C)C(=O)N(c1ncccn1)C(Cc1ccccc1)C(=O)O. The molecular formula is C21H26N4O5. The van der Waals surface area contributed by atoms with E-state index in [2.05, 4.69) is 15.3 Å². The number of ether oxygens (including phenoxy) is 1. The number of carboxylic acids is 1. The molecule has 0 fully saturated rings. The lowest BCUT2D eigenvalue weighted by molar-refractivity contribution is -0.145. The molecule has 2 rings (SSSR count). The van der Waals surface area contributed by atoms with Gasteiger partial charge >= 0.3 is 11.9 Å². The molecule has 1 aromatic heterocycles. The van der Waals surface area contributed by atoms with Crippen LogP contribution in [-0.2, 0) is 25.5 Å². The van der Waals surface area contributed by atoms with Gasteiger partial charge in [-0.3, -0.25) is 19.8 Å². The van der Waals surface area contributed by atoms with Crippen LogP contribution < -0.4 is 10.2 Å². The van der Waals surface area contributed by atoms with E-state index in [0.717, 1.165) is 10.5 Å². The van der Waals surface area contributed by atoms with Crippen molar-refractivity contribution in [3.63, 3.8) is 0 Å². The van der Waals surface area contributed by atoms with Gasteiger partial charge in [-0.15, -0.1) is 0 Å². The summed E-state index contributed by atoms with van der Waals surface area (Å²) in [5, 5.41) is 12.8. The second kappa shape index (κ2) is 11.0. The number of nitrogens with zero attached hydrogens (tertiary/aromatic N) is 3. The highest BCUT2D eigenvalue weighted by molar-refractivity contribution is 6.00. The van der Waals surface area contributed by atoms with Crippen LogP contribution in [0.2, 0.25) is 0 Å². The van der Waals surface area contributed by atoms with Gasteiger partial charge in [-0.1, -0.05) is 30.3 Å². The van der Waals surface area contributed by atoms with Crippen molar-refractivity contribution >= 4 is 23.8 Å². The number of amides is 1. The topological polar surface area (TPSA) is 122 Å². The van der Waals surface area contributed by atoms with Crippen LogP contribution in [-0.4, -0.2) is 57.7 Å². The first-order valence-corrected chi connectivity index (χ1v) is 9.64. The first-order chi connectivity index (χ1) is 14.3. The minimum Gasteiger partial charge on any atom is -0.480 e. The van der Waals surface area contributed by atoms with Gasteiger partial charge in [0.2, 0.25) is 11.9 Å². The molecule has 160 valence electrons. The number of benzene rings is 1. The number of anilines is 1. The Hall–Kier alpha value is -3.33. The molecule has 0 saturated carbocycles. The summed E-state index contributed by atoms with van der Waals surface area (Å²) in [4.78, 5) is 46.5. The highest BCUT2D eigenvalue weighted by atomic mass is 16.5. The van der Waals surface area contributed by atoms with E-state index in [1.54, 1.807) is 51.1 Å². The van der Waals surface area contributed by atoms with E-state index in [4.69, 9.17) is 4.74 Å². The Morgan fingerprint density at radius 2 is 1.70 bits per heavy atom. The summed E-state index contributed by atoms with van der Waals surface area (Å²) >= 11 is 0. The fraction of sp³-hybridized carbons (Fsp3) is 0.381. The van der Waals surface area contributed by atoms with Crippen molar-refractivity contribution in [3.05, 3.63) is 54.4 Å². The van der Waals surface area contributed by atoms with Crippen LogP contribution >= 0.6 is 0 Å². The molecule has 0 spiro atoms. The third-order valence-electron chi connectivity index (χ3n) is 4.38. The summed E-state index contributed by atoms with van der Waals surface area (Å²) in [6, 6.07) is 7.70. The lowest BCUT2D eigenvalue weighted by atomic mass is 10.0. The number of aromatic nitrogens is 2. The fourth-order valence-corrected chi connectivity index (χ4v) is 2.92. The summed E-state index contributed by atoms with van der Waals surface area (Å²) in [5.41, 5.74) is 0.749. The number of nitrogens with one attached hydrogen (secondary N) is 1. The lowest BCUT2D eigenvalue weighted by Crippen LogP contribution is -2.55. The number of carbonyl (C=O) groups excluding carboxylic acids is 2. The van der Waals surface area contributed by atoms with E-state index < -0.39 is 36.0 Å². The molecule has 9 nitrogen and oxygen atoms in total. The molecule has 1 heterocycles. The quantitative estimate of drug-likeness (QED) is 0.560. The molecule has 1 unspecified atom stereocenters. The van der Waals surface area contributed by atoms with Crippen molar-refractivity contribution in [2.75, 3.05) is 11.5 Å². The van der Waals surface area contributed by atoms with Gasteiger partial charge in [-0.25, -0.2) is 14.8 Å². The molecule has 0 radical (unpaired) electrons. The Morgan fingerprint density at radius 3 is 2.27 bits per heavy atom. The maximum atomic E-state index is 13.3. The third-order valence-corrected chi connectivity index (χ3v) is 4.38. The monoisotopic (exact) mass is 414 g/mol. The van der Waals surface area contributed by atoms with Crippen molar-refractivity contribution < 1.29 is 24.2 Å². The van der Waals surface area contributed by atoms with Gasteiger partial charge in [0, 0.05) is 18.8 Å². The number of rotatable bonds is 10. The van der Waals surface area contributed by atoms with E-state index in [1.165, 1.54) is 12.4 Å². The predicted molar refractivity (Wildman–Crippen MR) is 110 cm³/mol. The molecule has 9 heteroatoms. The van der Waals surface area contributed by atoms with E-state index in [0.29, 0.717) is 0 Å². The molecule has 0 aliphatic heterocycles. The van der Waals surface area contributed by atoms with Gasteiger partial charge < -0.3 is 9.84 Å². The van der Waals surface area contributed by atoms with Gasteiger partial charge in [0.15, 0.2) is 0 Å². The maximum Gasteiger partial charge on any atom is 0.327 e. The minimum atomic E-state index is -1.23. The molecule has 3 atom stereocenters. The molecule has 1 amide bonds. The van der Waals surface area contributed by atoms with Crippen LogP contribution in [0, 0.1) is 0 Å². The largest absolute Gasteiger partial charge is 0.480 e. The van der Waals surface area contributed by atoms with Crippen molar-refractivity contribution in [2.45, 2.75) is 45.3 Å². The summed E-state index contributed by atoms with van der Waals surface area (Å²) in [6.45, 7) is 5.03. The lowest BCUT2D eigenvalue weighted by Gasteiger charge is -2.30. The van der Waals surface area contributed by atoms with Crippen LogP contribution in [0.4, 0.5) is 5.95 Å². The van der Waals surface area contributed by atoms with E-state index >= 15 is 0 Å². The molecule has 2 aromatic rings. The Balaban J connectivity index is 2.32. The molecule has 0 saturated heterocycles. The Kier molecular flexibility index (Phi) is 8.42. The number of aliphatic carboxylic acids is 1.